The predicted molar refractivity (Wildman–Crippen MR) is 99.1 cm³/mol. The van der Waals surface area contributed by atoms with Crippen LogP contribution in [-0.4, -0.2) is 27.3 Å². The van der Waals surface area contributed by atoms with Gasteiger partial charge in [-0.25, -0.2) is 9.37 Å². The maximum Gasteiger partial charge on any atom is 0.276 e. The zero-order chi connectivity index (χ0) is 19.3. The highest BCUT2D eigenvalue weighted by Crippen LogP contribution is 2.30. The predicted octanol–water partition coefficient (Wildman–Crippen LogP) is 4.16. The van der Waals surface area contributed by atoms with Crippen LogP contribution in [0.25, 0.3) is 0 Å². The van der Waals surface area contributed by atoms with Crippen LogP contribution in [0.4, 0.5) is 4.39 Å². The Morgan fingerprint density at radius 1 is 1.25 bits per heavy atom. The second-order valence-corrected chi connectivity index (χ2v) is 6.64. The molecule has 1 fully saturated rings. The number of nitrogens with zero attached hydrogens (tertiary/aromatic N) is 3. The molecule has 144 valence electrons. The van der Waals surface area contributed by atoms with Gasteiger partial charge in [-0.05, 0) is 43.5 Å². The number of likely N-dealkylation sites (tertiary alicyclic amines) is 1. The molecule has 1 saturated heterocycles. The van der Waals surface area contributed by atoms with Gasteiger partial charge in [0.2, 0.25) is 5.89 Å². The molecule has 0 radical (unpaired) electrons. The van der Waals surface area contributed by atoms with Gasteiger partial charge in [-0.1, -0.05) is 12.1 Å². The number of amides is 1. The highest BCUT2D eigenvalue weighted by atomic mass is 19.1. The maximum absolute atomic E-state index is 13.2. The summed E-state index contributed by atoms with van der Waals surface area (Å²) in [5.41, 5.74) is 1.12. The molecule has 28 heavy (non-hydrogen) atoms. The molecule has 4 rings (SSSR count). The SMILES string of the molecule is O=C(c1coc(COc2cccc(F)c2)n1)N1CCCC[C@@H]1c1ccccn1. The maximum atomic E-state index is 13.2. The van der Waals surface area contributed by atoms with Crippen LogP contribution < -0.4 is 4.74 Å². The van der Waals surface area contributed by atoms with Crippen molar-refractivity contribution in [2.45, 2.75) is 31.9 Å². The average molecular weight is 381 g/mol. The summed E-state index contributed by atoms with van der Waals surface area (Å²) in [6, 6.07) is 11.5. The molecule has 0 aliphatic carbocycles. The molecular formula is C21H20FN3O3. The van der Waals surface area contributed by atoms with Crippen molar-refractivity contribution >= 4 is 5.91 Å². The number of rotatable bonds is 5. The lowest BCUT2D eigenvalue weighted by Crippen LogP contribution is -2.39. The van der Waals surface area contributed by atoms with Gasteiger partial charge in [-0.15, -0.1) is 0 Å². The molecular weight excluding hydrogens is 361 g/mol. The number of carbonyl (C=O) groups excluding carboxylic acids is 1. The van der Waals surface area contributed by atoms with Crippen molar-refractivity contribution in [3.05, 3.63) is 78.0 Å². The lowest BCUT2D eigenvalue weighted by atomic mass is 9.98. The first-order chi connectivity index (χ1) is 13.7. The highest BCUT2D eigenvalue weighted by Gasteiger charge is 2.31. The molecule has 3 aromatic rings. The normalized spacial score (nSPS) is 16.8. The van der Waals surface area contributed by atoms with E-state index in [1.807, 2.05) is 18.2 Å². The van der Waals surface area contributed by atoms with Crippen LogP contribution in [0.15, 0.2) is 59.3 Å². The largest absolute Gasteiger partial charge is 0.484 e. The third-order valence-corrected chi connectivity index (χ3v) is 4.72. The number of carbonyl (C=O) groups is 1. The van der Waals surface area contributed by atoms with Gasteiger partial charge in [0, 0.05) is 18.8 Å². The van der Waals surface area contributed by atoms with Crippen LogP contribution in [0.2, 0.25) is 0 Å². The van der Waals surface area contributed by atoms with Gasteiger partial charge >= 0.3 is 0 Å². The fraction of sp³-hybridized carbons (Fsp3) is 0.286. The van der Waals surface area contributed by atoms with Crippen molar-refractivity contribution in [1.82, 2.24) is 14.9 Å². The van der Waals surface area contributed by atoms with Gasteiger partial charge < -0.3 is 14.1 Å². The van der Waals surface area contributed by atoms with Crippen LogP contribution in [0, 0.1) is 5.82 Å². The number of halogens is 1. The molecule has 0 spiro atoms. The van der Waals surface area contributed by atoms with Crippen LogP contribution >= 0.6 is 0 Å². The molecule has 2 aromatic heterocycles. The zero-order valence-electron chi connectivity index (χ0n) is 15.3. The topological polar surface area (TPSA) is 68.5 Å². The fourth-order valence-electron chi connectivity index (χ4n) is 3.38. The summed E-state index contributed by atoms with van der Waals surface area (Å²) in [4.78, 5) is 23.5. The van der Waals surface area contributed by atoms with E-state index in [1.165, 1.54) is 18.4 Å². The third kappa shape index (κ3) is 4.03. The highest BCUT2D eigenvalue weighted by molar-refractivity contribution is 5.92. The lowest BCUT2D eigenvalue weighted by Gasteiger charge is -2.34. The van der Waals surface area contributed by atoms with Crippen molar-refractivity contribution in [1.29, 1.82) is 0 Å². The minimum absolute atomic E-state index is 0.0143. The summed E-state index contributed by atoms with van der Waals surface area (Å²) in [5, 5.41) is 0. The van der Waals surface area contributed by atoms with Crippen molar-refractivity contribution in [3.8, 4) is 5.75 Å². The first-order valence-corrected chi connectivity index (χ1v) is 9.25. The molecule has 1 atom stereocenters. The summed E-state index contributed by atoms with van der Waals surface area (Å²) >= 11 is 0. The quantitative estimate of drug-likeness (QED) is 0.664. The second kappa shape index (κ2) is 8.21. The summed E-state index contributed by atoms with van der Waals surface area (Å²) in [5.74, 6) is 0.0684. The first kappa shape index (κ1) is 18.2. The van der Waals surface area contributed by atoms with E-state index < -0.39 is 0 Å². The van der Waals surface area contributed by atoms with E-state index in [1.54, 1.807) is 23.2 Å². The van der Waals surface area contributed by atoms with E-state index in [9.17, 15) is 9.18 Å². The number of aromatic nitrogens is 2. The number of hydrogen-bond acceptors (Lipinski definition) is 5. The molecule has 1 amide bonds. The number of pyridine rings is 1. The molecule has 0 saturated carbocycles. The van der Waals surface area contributed by atoms with Crippen molar-refractivity contribution in [2.75, 3.05) is 6.54 Å². The van der Waals surface area contributed by atoms with Crippen molar-refractivity contribution in [2.24, 2.45) is 0 Å². The Balaban J connectivity index is 1.45. The second-order valence-electron chi connectivity index (χ2n) is 6.64. The van der Waals surface area contributed by atoms with E-state index in [4.69, 9.17) is 9.15 Å². The van der Waals surface area contributed by atoms with Crippen molar-refractivity contribution in [3.63, 3.8) is 0 Å². The number of ether oxygens (including phenoxy) is 1. The van der Waals surface area contributed by atoms with E-state index in [-0.39, 0.29) is 36.0 Å². The molecule has 0 unspecified atom stereocenters. The number of oxazole rings is 1. The Morgan fingerprint density at radius 2 is 2.18 bits per heavy atom. The molecule has 1 aliphatic heterocycles. The summed E-state index contributed by atoms with van der Waals surface area (Å²) in [6.07, 6.45) is 5.95. The van der Waals surface area contributed by atoms with Crippen molar-refractivity contribution < 1.29 is 18.3 Å². The first-order valence-electron chi connectivity index (χ1n) is 9.25. The van der Waals surface area contributed by atoms with Gasteiger partial charge in [-0.2, -0.15) is 0 Å². The molecule has 3 heterocycles. The number of piperidine rings is 1. The summed E-state index contributed by atoms with van der Waals surface area (Å²) in [6.45, 7) is 0.669. The zero-order valence-corrected chi connectivity index (χ0v) is 15.3. The molecule has 0 N–H and O–H groups in total. The Hall–Kier alpha value is -3.22. The average Bonchev–Trinajstić information content (AvgIpc) is 3.21. The van der Waals surface area contributed by atoms with Gasteiger partial charge in [-0.3, -0.25) is 9.78 Å². The van der Waals surface area contributed by atoms with Crippen LogP contribution in [0.1, 0.15) is 47.4 Å². The Kier molecular flexibility index (Phi) is 5.32. The summed E-state index contributed by atoms with van der Waals surface area (Å²) < 4.78 is 24.1. The minimum Gasteiger partial charge on any atom is -0.484 e. The third-order valence-electron chi connectivity index (χ3n) is 4.72. The van der Waals surface area contributed by atoms with Gasteiger partial charge in [0.05, 0.1) is 11.7 Å². The van der Waals surface area contributed by atoms with E-state index in [2.05, 4.69) is 9.97 Å². The monoisotopic (exact) mass is 381 g/mol. The Labute approximate surface area is 162 Å². The minimum atomic E-state index is -0.383. The molecule has 7 heteroatoms. The molecule has 0 bridgehead atoms. The van der Waals surface area contributed by atoms with E-state index in [0.29, 0.717) is 12.3 Å². The standard InChI is InChI=1S/C21H20FN3O3/c22-15-6-5-7-16(12-15)27-14-20-24-18(13-28-20)21(26)25-11-4-2-9-19(25)17-8-1-3-10-23-17/h1,3,5-8,10,12-13,19H,2,4,9,11,14H2/t19-/m1/s1. The van der Waals surface area contributed by atoms with Crippen LogP contribution in [0.3, 0.4) is 0 Å². The fourth-order valence-corrected chi connectivity index (χ4v) is 3.38. The van der Waals surface area contributed by atoms with Gasteiger partial charge in [0.1, 0.15) is 17.8 Å². The van der Waals surface area contributed by atoms with E-state index in [0.717, 1.165) is 25.0 Å². The molecule has 6 nitrogen and oxygen atoms in total. The molecule has 1 aromatic carbocycles. The number of benzene rings is 1. The Bertz CT molecular complexity index is 945. The Morgan fingerprint density at radius 3 is 3.00 bits per heavy atom. The van der Waals surface area contributed by atoms with Gasteiger partial charge in [0.15, 0.2) is 12.3 Å². The van der Waals surface area contributed by atoms with Crippen LogP contribution in [-0.2, 0) is 6.61 Å². The van der Waals surface area contributed by atoms with Gasteiger partial charge in [0.25, 0.3) is 5.91 Å². The van der Waals surface area contributed by atoms with Crippen LogP contribution in [0.5, 0.6) is 5.75 Å². The number of hydrogen-bond donors (Lipinski definition) is 0. The lowest BCUT2D eigenvalue weighted by molar-refractivity contribution is 0.0600. The van der Waals surface area contributed by atoms with E-state index >= 15 is 0 Å². The molecule has 1 aliphatic rings. The smallest absolute Gasteiger partial charge is 0.276 e. The summed E-state index contributed by atoms with van der Waals surface area (Å²) in [7, 11) is 0.